The van der Waals surface area contributed by atoms with Crippen LogP contribution in [-0.2, 0) is 34.3 Å². The zero-order valence-electron chi connectivity index (χ0n) is 24.1. The number of aldehydes is 1. The molecule has 2 atom stereocenters. The molecule has 0 saturated carbocycles. The van der Waals surface area contributed by atoms with Gasteiger partial charge in [-0.2, -0.15) is 12.7 Å². The number of unbranched alkanes of at least 4 members (excludes halogenated alkanes) is 1. The second kappa shape index (κ2) is 15.1. The fraction of sp³-hybridized carbons (Fsp3) is 0.517. The number of anilines is 1. The molecule has 2 aromatic carbocycles. The molecule has 39 heavy (non-hydrogen) atoms. The fourth-order valence-corrected chi connectivity index (χ4v) is 5.11. The van der Waals surface area contributed by atoms with E-state index in [1.54, 1.807) is 6.07 Å². The van der Waals surface area contributed by atoms with E-state index in [1.165, 1.54) is 31.0 Å². The molecule has 0 fully saturated rings. The maximum absolute atomic E-state index is 12.5. The van der Waals surface area contributed by atoms with Gasteiger partial charge in [-0.15, -0.1) is 0 Å². The van der Waals surface area contributed by atoms with Crippen LogP contribution < -0.4 is 20.7 Å². The van der Waals surface area contributed by atoms with Crippen LogP contribution in [0.2, 0.25) is 0 Å². The Morgan fingerprint density at radius 3 is 2.23 bits per heavy atom. The molecule has 0 aromatic heterocycles. The Morgan fingerprint density at radius 1 is 0.974 bits per heavy atom. The van der Waals surface area contributed by atoms with E-state index in [0.717, 1.165) is 47.4 Å². The third-order valence-electron chi connectivity index (χ3n) is 6.49. The van der Waals surface area contributed by atoms with Crippen molar-refractivity contribution in [2.24, 2.45) is 5.73 Å². The average molecular weight is 560 g/mol. The Bertz CT molecular complexity index is 1200. The van der Waals surface area contributed by atoms with Crippen molar-refractivity contribution in [3.05, 3.63) is 64.7 Å². The number of nitrogens with one attached hydrogen (secondary N) is 2. The number of hydrogen-bond donors (Lipinski definition) is 3. The van der Waals surface area contributed by atoms with Crippen molar-refractivity contribution in [3.63, 3.8) is 0 Å². The number of carbonyl (C=O) groups is 2. The predicted octanol–water partition coefficient (Wildman–Crippen LogP) is 2.68. The molecule has 216 valence electrons. The summed E-state index contributed by atoms with van der Waals surface area (Å²) in [6.45, 7) is 6.25. The van der Waals surface area contributed by atoms with Gasteiger partial charge in [0.25, 0.3) is 0 Å². The molecule has 0 spiro atoms. The van der Waals surface area contributed by atoms with E-state index in [-0.39, 0.29) is 24.0 Å². The zero-order chi connectivity index (χ0) is 29.2. The standard InChI is InChI=1S/C29H45N5O4S/c1-21(2)32-29(36)22(3)31-19-27(30)16-24-13-9-12-23(14-24)10-7-8-11-25-15-26(20-35)18-28(17-25)34(6)39(37,38)33(4)5/h9,12-15,17-18,20-22,27,31H,7-8,10-11,16,19,30H2,1-6H3,(H,32,36)/t22-,27?/m0/s1. The number of rotatable bonds is 16. The Kier molecular flexibility index (Phi) is 12.6. The molecule has 1 unspecified atom stereocenters. The fourth-order valence-electron chi connectivity index (χ4n) is 4.25. The first kappa shape index (κ1) is 32.4. The van der Waals surface area contributed by atoms with Crippen molar-refractivity contribution in [1.82, 2.24) is 14.9 Å². The first-order valence-corrected chi connectivity index (χ1v) is 14.9. The molecule has 2 rings (SSSR count). The van der Waals surface area contributed by atoms with Gasteiger partial charge in [0.05, 0.1) is 11.7 Å². The summed E-state index contributed by atoms with van der Waals surface area (Å²) in [5.41, 5.74) is 10.6. The monoisotopic (exact) mass is 559 g/mol. The molecule has 0 radical (unpaired) electrons. The van der Waals surface area contributed by atoms with Gasteiger partial charge in [0.2, 0.25) is 5.91 Å². The summed E-state index contributed by atoms with van der Waals surface area (Å²) in [6.07, 6.45) is 4.95. The smallest absolute Gasteiger partial charge is 0.303 e. The van der Waals surface area contributed by atoms with Gasteiger partial charge >= 0.3 is 10.2 Å². The Hall–Kier alpha value is -2.79. The number of aryl methyl sites for hydroxylation is 2. The van der Waals surface area contributed by atoms with E-state index in [9.17, 15) is 18.0 Å². The number of hydrogen-bond acceptors (Lipinski definition) is 6. The molecule has 10 heteroatoms. The third-order valence-corrected chi connectivity index (χ3v) is 8.31. The normalized spacial score (nSPS) is 13.4. The van der Waals surface area contributed by atoms with Gasteiger partial charge in [-0.1, -0.05) is 24.3 Å². The summed E-state index contributed by atoms with van der Waals surface area (Å²) < 4.78 is 27.4. The lowest BCUT2D eigenvalue weighted by atomic mass is 9.99. The minimum absolute atomic E-state index is 0.0288. The van der Waals surface area contributed by atoms with Crippen LogP contribution in [-0.4, -0.2) is 70.7 Å². The zero-order valence-corrected chi connectivity index (χ0v) is 24.9. The van der Waals surface area contributed by atoms with Crippen LogP contribution in [0.4, 0.5) is 5.69 Å². The van der Waals surface area contributed by atoms with Gasteiger partial charge in [0, 0.05) is 45.3 Å². The van der Waals surface area contributed by atoms with Gasteiger partial charge < -0.3 is 16.4 Å². The van der Waals surface area contributed by atoms with Crippen molar-refractivity contribution in [1.29, 1.82) is 0 Å². The lowest BCUT2D eigenvalue weighted by molar-refractivity contribution is -0.123. The van der Waals surface area contributed by atoms with Crippen LogP contribution in [0.15, 0.2) is 42.5 Å². The summed E-state index contributed by atoms with van der Waals surface area (Å²) >= 11 is 0. The van der Waals surface area contributed by atoms with Crippen molar-refractivity contribution in [2.75, 3.05) is 32.0 Å². The largest absolute Gasteiger partial charge is 0.353 e. The topological polar surface area (TPSA) is 125 Å². The molecular weight excluding hydrogens is 514 g/mol. The van der Waals surface area contributed by atoms with E-state index in [0.29, 0.717) is 24.2 Å². The molecular formula is C29H45N5O4S. The van der Waals surface area contributed by atoms with Crippen LogP contribution in [0.5, 0.6) is 0 Å². The van der Waals surface area contributed by atoms with E-state index in [1.807, 2.05) is 39.0 Å². The van der Waals surface area contributed by atoms with E-state index >= 15 is 0 Å². The molecule has 4 N–H and O–H groups in total. The van der Waals surface area contributed by atoms with Gasteiger partial charge in [0.1, 0.15) is 6.29 Å². The second-order valence-corrected chi connectivity index (χ2v) is 12.8. The highest BCUT2D eigenvalue weighted by Gasteiger charge is 2.21. The SMILES string of the molecule is CC(C)NC(=O)[C@H](C)NCC(N)Cc1cccc(CCCCc2cc(C=O)cc(N(C)S(=O)(=O)N(C)C)c2)c1. The van der Waals surface area contributed by atoms with Crippen LogP contribution in [0, 0.1) is 0 Å². The Balaban J connectivity index is 1.89. The molecule has 2 aromatic rings. The Morgan fingerprint density at radius 2 is 1.62 bits per heavy atom. The molecule has 0 aliphatic rings. The number of nitrogens with two attached hydrogens (primary N) is 1. The number of amides is 1. The van der Waals surface area contributed by atoms with Gasteiger partial charge in [0.15, 0.2) is 0 Å². The van der Waals surface area contributed by atoms with Crippen molar-refractivity contribution < 1.29 is 18.0 Å². The van der Waals surface area contributed by atoms with E-state index in [4.69, 9.17) is 5.73 Å². The summed E-state index contributed by atoms with van der Waals surface area (Å²) in [7, 11) is 0.801. The summed E-state index contributed by atoms with van der Waals surface area (Å²) in [5.74, 6) is -0.0288. The molecule has 0 bridgehead atoms. The summed E-state index contributed by atoms with van der Waals surface area (Å²) in [6, 6.07) is 13.3. The maximum Gasteiger partial charge on any atom is 0.303 e. The van der Waals surface area contributed by atoms with Gasteiger partial charge in [-0.25, -0.2) is 0 Å². The highest BCUT2D eigenvalue weighted by molar-refractivity contribution is 7.90. The first-order chi connectivity index (χ1) is 18.3. The number of benzene rings is 2. The van der Waals surface area contributed by atoms with Gasteiger partial charge in [-0.05, 0) is 87.8 Å². The van der Waals surface area contributed by atoms with E-state index in [2.05, 4.69) is 28.8 Å². The molecule has 0 aliphatic heterocycles. The van der Waals surface area contributed by atoms with Crippen LogP contribution in [0.3, 0.4) is 0 Å². The maximum atomic E-state index is 12.5. The minimum Gasteiger partial charge on any atom is -0.353 e. The van der Waals surface area contributed by atoms with Gasteiger partial charge in [-0.3, -0.25) is 13.9 Å². The summed E-state index contributed by atoms with van der Waals surface area (Å²) in [4.78, 5) is 23.5. The van der Waals surface area contributed by atoms with Crippen molar-refractivity contribution >= 4 is 28.1 Å². The Labute approximate surface area is 234 Å². The molecule has 1 amide bonds. The van der Waals surface area contributed by atoms with E-state index < -0.39 is 10.2 Å². The second-order valence-electron chi connectivity index (χ2n) is 10.6. The van der Waals surface area contributed by atoms with Crippen molar-refractivity contribution in [3.8, 4) is 0 Å². The van der Waals surface area contributed by atoms with Crippen LogP contribution >= 0.6 is 0 Å². The third kappa shape index (κ3) is 10.4. The number of carbonyl (C=O) groups excluding carboxylic acids is 2. The molecule has 0 heterocycles. The van der Waals surface area contributed by atoms with Crippen LogP contribution in [0.25, 0.3) is 0 Å². The average Bonchev–Trinajstić information content (AvgIpc) is 2.88. The molecule has 0 aliphatic carbocycles. The minimum atomic E-state index is -3.64. The lowest BCUT2D eigenvalue weighted by Crippen LogP contribution is -2.48. The van der Waals surface area contributed by atoms with Crippen molar-refractivity contribution in [2.45, 2.75) is 71.0 Å². The quantitative estimate of drug-likeness (QED) is 0.215. The number of nitrogens with zero attached hydrogens (tertiary/aromatic N) is 2. The predicted molar refractivity (Wildman–Crippen MR) is 158 cm³/mol. The molecule has 9 nitrogen and oxygen atoms in total. The molecule has 0 saturated heterocycles. The highest BCUT2D eigenvalue weighted by atomic mass is 32.2. The van der Waals surface area contributed by atoms with Crippen LogP contribution in [0.1, 0.15) is 60.7 Å². The first-order valence-electron chi connectivity index (χ1n) is 13.5. The highest BCUT2D eigenvalue weighted by Crippen LogP contribution is 2.22. The summed E-state index contributed by atoms with van der Waals surface area (Å²) in [5, 5.41) is 6.11. The lowest BCUT2D eigenvalue weighted by Gasteiger charge is -2.24.